The molecule has 0 unspecified atom stereocenters. The maximum absolute atomic E-state index is 15.8. The fourth-order valence-electron chi connectivity index (χ4n) is 6.63. The molecule has 0 radical (unpaired) electrons. The molecule has 42 heavy (non-hydrogen) atoms. The van der Waals surface area contributed by atoms with E-state index in [1.165, 1.54) is 18.2 Å². The average molecular weight is 579 g/mol. The van der Waals surface area contributed by atoms with E-state index < -0.39 is 28.8 Å². The number of anilines is 1. The van der Waals surface area contributed by atoms with Crippen molar-refractivity contribution in [3.05, 3.63) is 63.0 Å². The van der Waals surface area contributed by atoms with Gasteiger partial charge in [0.25, 0.3) is 11.5 Å². The van der Waals surface area contributed by atoms with Gasteiger partial charge in [0, 0.05) is 37.2 Å². The van der Waals surface area contributed by atoms with E-state index >= 15 is 13.2 Å². The molecule has 1 saturated carbocycles. The van der Waals surface area contributed by atoms with Gasteiger partial charge in [0.15, 0.2) is 0 Å². The first-order valence-corrected chi connectivity index (χ1v) is 15.1. The third kappa shape index (κ3) is 5.28. The zero-order chi connectivity index (χ0) is 29.6. The molecular weight excluding hydrogens is 541 g/mol. The van der Waals surface area contributed by atoms with Crippen molar-refractivity contribution in [1.29, 1.82) is 5.26 Å². The smallest absolute Gasteiger partial charge is 0.276 e. The molecule has 1 aliphatic carbocycles. The molecule has 10 heteroatoms. The van der Waals surface area contributed by atoms with Gasteiger partial charge in [-0.05, 0) is 58.1 Å². The lowest BCUT2D eigenvalue weighted by Crippen LogP contribution is -2.48. The predicted octanol–water partition coefficient (Wildman–Crippen LogP) is 6.35. The van der Waals surface area contributed by atoms with Crippen LogP contribution in [-0.2, 0) is 17.9 Å². The van der Waals surface area contributed by atoms with E-state index in [4.69, 9.17) is 0 Å². The van der Waals surface area contributed by atoms with Gasteiger partial charge in [-0.1, -0.05) is 37.5 Å². The predicted molar refractivity (Wildman–Crippen MR) is 155 cm³/mol. The van der Waals surface area contributed by atoms with Crippen LogP contribution in [0.1, 0.15) is 86.8 Å². The number of fused-ring (bicyclic) bond motifs is 8. The normalized spacial score (nSPS) is 25.5. The fraction of sp³-hybridized carbons (Fsp3) is 0.562. The molecule has 5 heterocycles. The molecular formula is C32H37F3N6O. The highest BCUT2D eigenvalue weighted by Crippen LogP contribution is 2.47. The highest BCUT2D eigenvalue weighted by molar-refractivity contribution is 5.88. The molecule has 1 N–H and O–H groups in total. The van der Waals surface area contributed by atoms with E-state index in [2.05, 4.69) is 26.3 Å². The molecule has 4 aliphatic rings. The van der Waals surface area contributed by atoms with Crippen molar-refractivity contribution in [2.75, 3.05) is 25.0 Å². The van der Waals surface area contributed by atoms with Gasteiger partial charge in [-0.3, -0.25) is 9.36 Å². The lowest BCUT2D eigenvalue weighted by molar-refractivity contribution is -0.0592. The highest BCUT2D eigenvalue weighted by atomic mass is 19.3. The lowest BCUT2D eigenvalue weighted by atomic mass is 9.88. The molecule has 8 bridgehead atoms. The van der Waals surface area contributed by atoms with Crippen LogP contribution >= 0.6 is 0 Å². The van der Waals surface area contributed by atoms with Gasteiger partial charge in [-0.15, -0.1) is 0 Å². The summed E-state index contributed by atoms with van der Waals surface area (Å²) in [6, 6.07) is 7.51. The van der Waals surface area contributed by atoms with Crippen LogP contribution in [0.3, 0.4) is 0 Å². The zero-order valence-electron chi connectivity index (χ0n) is 24.2. The Kier molecular flexibility index (Phi) is 7.50. The van der Waals surface area contributed by atoms with E-state index in [1.54, 1.807) is 24.5 Å². The molecule has 0 spiro atoms. The Balaban J connectivity index is 1.44. The number of aryl methyl sites for hydroxylation is 2. The summed E-state index contributed by atoms with van der Waals surface area (Å²) in [5, 5.41) is 13.7. The quantitative estimate of drug-likeness (QED) is 0.362. The fourth-order valence-corrected chi connectivity index (χ4v) is 6.63. The number of benzene rings is 1. The van der Waals surface area contributed by atoms with Crippen LogP contribution < -0.4 is 10.9 Å². The monoisotopic (exact) mass is 578 g/mol. The standard InChI is InChI=1S/C32H37F3N6O/c1-20-23-9-8-10-25(27(23)33)32(34,35)16-22-17-40(18-22)13-6-4-3-5-7-14-41-29-24(28(37-20)38-21(2)39-29)15-26(30(41)42)31(19-36)11-12-31/h8-10,15,20,22H,3-7,11-14,16-18H2,1-2H3,(H,37,38,39)/t20-/m0/s1. The van der Waals surface area contributed by atoms with E-state index in [9.17, 15) is 10.1 Å². The van der Waals surface area contributed by atoms with Crippen molar-refractivity contribution in [3.8, 4) is 6.07 Å². The maximum Gasteiger partial charge on any atom is 0.276 e. The van der Waals surface area contributed by atoms with Crippen molar-refractivity contribution < 1.29 is 13.2 Å². The Morgan fingerprint density at radius 1 is 1.05 bits per heavy atom. The van der Waals surface area contributed by atoms with Crippen LogP contribution in [0.2, 0.25) is 0 Å². The summed E-state index contributed by atoms with van der Waals surface area (Å²) in [5.41, 5.74) is -0.608. The van der Waals surface area contributed by atoms with Crippen LogP contribution in [-0.4, -0.2) is 39.1 Å². The molecule has 2 aromatic heterocycles. The lowest BCUT2D eigenvalue weighted by Gasteiger charge is -2.41. The Morgan fingerprint density at radius 3 is 2.48 bits per heavy atom. The first-order chi connectivity index (χ1) is 20.1. The van der Waals surface area contributed by atoms with E-state index in [0.717, 1.165) is 38.6 Å². The number of aromatic nitrogens is 3. The Morgan fingerprint density at radius 2 is 1.76 bits per heavy atom. The molecule has 7 nitrogen and oxygen atoms in total. The van der Waals surface area contributed by atoms with Gasteiger partial charge in [-0.2, -0.15) is 5.26 Å². The van der Waals surface area contributed by atoms with Crippen LogP contribution in [0.25, 0.3) is 11.0 Å². The van der Waals surface area contributed by atoms with E-state index in [1.807, 2.05) is 0 Å². The van der Waals surface area contributed by atoms with E-state index in [0.29, 0.717) is 60.7 Å². The number of nitrogens with zero attached hydrogens (tertiary/aromatic N) is 5. The van der Waals surface area contributed by atoms with Gasteiger partial charge in [0.1, 0.15) is 23.1 Å². The number of rotatable bonds is 1. The number of nitrogens with one attached hydrogen (secondary N) is 1. The summed E-state index contributed by atoms with van der Waals surface area (Å²) in [6.45, 7) is 5.99. The molecule has 0 amide bonds. The van der Waals surface area contributed by atoms with Crippen molar-refractivity contribution >= 4 is 16.9 Å². The minimum Gasteiger partial charge on any atom is -0.363 e. The molecule has 1 saturated heterocycles. The second kappa shape index (κ2) is 11.0. The molecule has 2 fully saturated rings. The minimum absolute atomic E-state index is 0.113. The summed E-state index contributed by atoms with van der Waals surface area (Å²) in [6.07, 6.45) is 5.61. The van der Waals surface area contributed by atoms with Crippen LogP contribution in [0, 0.1) is 30.0 Å². The molecule has 222 valence electrons. The molecule has 3 aromatic rings. The molecule has 3 aliphatic heterocycles. The first-order valence-electron chi connectivity index (χ1n) is 15.1. The number of pyridine rings is 1. The first kappa shape index (κ1) is 28.7. The van der Waals surface area contributed by atoms with Crippen molar-refractivity contribution in [3.63, 3.8) is 0 Å². The van der Waals surface area contributed by atoms with Gasteiger partial charge >= 0.3 is 0 Å². The Labute approximate surface area is 243 Å². The summed E-state index contributed by atoms with van der Waals surface area (Å²) in [5.74, 6) is -3.56. The van der Waals surface area contributed by atoms with Gasteiger partial charge in [-0.25, -0.2) is 23.1 Å². The highest BCUT2D eigenvalue weighted by Gasteiger charge is 2.47. The van der Waals surface area contributed by atoms with Crippen LogP contribution in [0.5, 0.6) is 0 Å². The van der Waals surface area contributed by atoms with Gasteiger partial charge in [0.05, 0.1) is 28.5 Å². The van der Waals surface area contributed by atoms with Crippen molar-refractivity contribution in [2.24, 2.45) is 5.92 Å². The SMILES string of the molecule is Cc1nc2c3cc(C4(C#N)CC4)c(=O)n(c3n1)CCCCCCCN1CC(C1)CC(F)(F)c1cccc(c1F)[C@H](C)N2. The Bertz CT molecular complexity index is 1600. The second-order valence-electron chi connectivity index (χ2n) is 12.4. The number of hydrogen-bond donors (Lipinski definition) is 1. The summed E-state index contributed by atoms with van der Waals surface area (Å²) < 4.78 is 48.3. The van der Waals surface area contributed by atoms with Crippen LogP contribution in [0.15, 0.2) is 29.1 Å². The molecule has 1 aromatic carbocycles. The molecule has 7 rings (SSSR count). The minimum atomic E-state index is -3.28. The summed E-state index contributed by atoms with van der Waals surface area (Å²) in [4.78, 5) is 25.2. The summed E-state index contributed by atoms with van der Waals surface area (Å²) >= 11 is 0. The maximum atomic E-state index is 15.8. The molecule has 1 atom stereocenters. The van der Waals surface area contributed by atoms with E-state index in [-0.39, 0.29) is 23.5 Å². The topological polar surface area (TPSA) is 86.8 Å². The third-order valence-corrected chi connectivity index (χ3v) is 9.21. The van der Waals surface area contributed by atoms with Gasteiger partial charge < -0.3 is 10.2 Å². The Hall–Kier alpha value is -3.45. The number of halogens is 3. The van der Waals surface area contributed by atoms with Gasteiger partial charge in [0.2, 0.25) is 0 Å². The number of nitriles is 1. The second-order valence-corrected chi connectivity index (χ2v) is 12.4. The van der Waals surface area contributed by atoms with Crippen molar-refractivity contribution in [1.82, 2.24) is 19.4 Å². The number of alkyl halides is 2. The average Bonchev–Trinajstić information content (AvgIpc) is 3.72. The zero-order valence-corrected chi connectivity index (χ0v) is 24.2. The largest absolute Gasteiger partial charge is 0.363 e. The van der Waals surface area contributed by atoms with Crippen molar-refractivity contribution in [2.45, 2.75) is 89.1 Å². The number of hydrogen-bond acceptors (Lipinski definition) is 6. The van der Waals surface area contributed by atoms with Crippen LogP contribution in [0.4, 0.5) is 19.0 Å². The third-order valence-electron chi connectivity index (χ3n) is 9.21. The summed E-state index contributed by atoms with van der Waals surface area (Å²) in [7, 11) is 0.